The first-order valence-corrected chi connectivity index (χ1v) is 42.6. The molecule has 0 N–H and O–H groups in total. The molecule has 0 bridgehead atoms. The molecule has 0 aromatic rings. The molecule has 0 saturated heterocycles. The van der Waals surface area contributed by atoms with Crippen molar-refractivity contribution < 1.29 is 42.9 Å². The lowest BCUT2D eigenvalue weighted by atomic mass is 10.0. The Hall–Kier alpha value is -5.09. The quantitative estimate of drug-likeness (QED) is 0.0195. The molecule has 0 heterocycles. The Morgan fingerprint density at radius 2 is 0.524 bits per heavy atom. The van der Waals surface area contributed by atoms with E-state index in [-0.39, 0.29) is 38.6 Å². The van der Waals surface area contributed by atoms with Crippen LogP contribution in [-0.2, 0) is 33.3 Å². The lowest BCUT2D eigenvalue weighted by Crippen LogP contribution is -2.44. The summed E-state index contributed by atoms with van der Waals surface area (Å²) < 4.78 is 22.9. The minimum absolute atomic E-state index is 0.142. The molecule has 2 unspecified atom stereocenters. The minimum Gasteiger partial charge on any atom is -0.545 e. The predicted octanol–water partition coefficient (Wildman–Crippen LogP) is 26.6. The van der Waals surface area contributed by atoms with Crippen molar-refractivity contribution in [2.24, 2.45) is 0 Å². The lowest BCUT2D eigenvalue weighted by molar-refractivity contribution is -0.870. The van der Waals surface area contributed by atoms with Gasteiger partial charge in [-0.2, -0.15) is 0 Å². The number of allylic oxidation sites excluding steroid dienone is 26. The van der Waals surface area contributed by atoms with Crippen LogP contribution < -0.4 is 5.11 Å². The van der Waals surface area contributed by atoms with Gasteiger partial charge >= 0.3 is 11.9 Å². The summed E-state index contributed by atoms with van der Waals surface area (Å²) in [5, 5.41) is 11.9. The van der Waals surface area contributed by atoms with E-state index in [4.69, 9.17) is 18.9 Å². The van der Waals surface area contributed by atoms with Crippen LogP contribution in [0, 0.1) is 0 Å². The van der Waals surface area contributed by atoms with Gasteiger partial charge in [-0.3, -0.25) is 9.59 Å². The summed E-state index contributed by atoms with van der Waals surface area (Å²) in [5.74, 6) is -2.28. The van der Waals surface area contributed by atoms with E-state index in [1.54, 1.807) is 0 Å². The largest absolute Gasteiger partial charge is 0.545 e. The van der Waals surface area contributed by atoms with Gasteiger partial charge in [0, 0.05) is 12.8 Å². The first-order chi connectivity index (χ1) is 50.6. The summed E-state index contributed by atoms with van der Waals surface area (Å²) in [7, 11) is 5.94. The van der Waals surface area contributed by atoms with Crippen LogP contribution in [0.2, 0.25) is 0 Å². The zero-order chi connectivity index (χ0) is 74.6. The summed E-state index contributed by atoms with van der Waals surface area (Å²) in [5.41, 5.74) is 0. The SMILES string of the molecule is CC/C=C\C/C=C\C/C=C\C/C=C\C/C=C\C/C=C\C/C=C\C/C=C\C/C=C\CCCCCCCCCCCC(=O)OC(COC(=O)CCCCCCCCCCCCCCCCCCCCCCCCCCCCCC/C=C\C/C=C\C/C=C\C/C=C\CC)COC(OCC[N+](C)(C)C)C(=O)[O-]. The molecular formula is C94H159NO8. The van der Waals surface area contributed by atoms with Gasteiger partial charge in [-0.25, -0.2) is 0 Å². The maximum Gasteiger partial charge on any atom is 0.306 e. The van der Waals surface area contributed by atoms with E-state index in [9.17, 15) is 19.5 Å². The number of carboxylic acid groups (broad SMARTS) is 1. The standard InChI is InChI=1S/C94H159NO8/c1-6-8-10-12-14-16-18-20-22-24-26-28-30-32-34-36-38-40-42-44-45-46-47-49-50-52-54-56-58-60-62-64-66-68-70-72-74-76-78-80-82-84-91(96)101-88-90(89-102-94(93(98)99)100-87-86-95(3,4)5)103-92(97)85-83-81-79-77-75-73-71-69-67-65-63-61-59-57-55-53-51-48-43-41-39-37-35-33-31-29-27-25-23-21-19-17-15-13-11-9-7-2/h8-11,14-17,20-23,26-29,33,35,39,41,48,51,55,57,61,63,90,94H,6-7,12-13,18-19,24-25,30-32,34,36-38,40,42-47,49-50,52-54,56,58-60,62,64-89H2,1-5H3/b10-8-,11-9-,16-14-,17-15-,22-20-,23-21-,28-26-,29-27-,35-33-,41-39-,51-48-,57-55-,63-61-. The van der Waals surface area contributed by atoms with Crippen molar-refractivity contribution in [3.8, 4) is 0 Å². The van der Waals surface area contributed by atoms with Crippen molar-refractivity contribution in [3.05, 3.63) is 158 Å². The molecule has 0 aliphatic rings. The van der Waals surface area contributed by atoms with E-state index in [0.717, 1.165) is 128 Å². The van der Waals surface area contributed by atoms with Gasteiger partial charge in [0.1, 0.15) is 13.2 Å². The fourth-order valence-electron chi connectivity index (χ4n) is 11.9. The summed E-state index contributed by atoms with van der Waals surface area (Å²) in [6.45, 7) is 4.54. The predicted molar refractivity (Wildman–Crippen MR) is 444 cm³/mol. The van der Waals surface area contributed by atoms with Gasteiger partial charge in [-0.05, 0) is 122 Å². The molecule has 9 nitrogen and oxygen atoms in total. The number of carboxylic acids is 1. The number of likely N-dealkylation sites (N-methyl/N-ethyl adjacent to an activating group) is 1. The van der Waals surface area contributed by atoms with E-state index in [0.29, 0.717) is 17.4 Å². The number of rotatable bonds is 78. The molecule has 0 aromatic carbocycles. The van der Waals surface area contributed by atoms with Crippen LogP contribution in [0.15, 0.2) is 158 Å². The molecule has 588 valence electrons. The number of quaternary nitrogens is 1. The second-order valence-electron chi connectivity index (χ2n) is 29.4. The van der Waals surface area contributed by atoms with Gasteiger partial charge in [-0.1, -0.05) is 384 Å². The van der Waals surface area contributed by atoms with E-state index in [1.165, 1.54) is 199 Å². The first kappa shape index (κ1) is 97.9. The highest BCUT2D eigenvalue weighted by Crippen LogP contribution is 2.19. The fourth-order valence-corrected chi connectivity index (χ4v) is 11.9. The summed E-state index contributed by atoms with van der Waals surface area (Å²) >= 11 is 0. The van der Waals surface area contributed by atoms with Crippen LogP contribution in [0.3, 0.4) is 0 Å². The number of hydrogen-bond acceptors (Lipinski definition) is 8. The van der Waals surface area contributed by atoms with Crippen molar-refractivity contribution in [3.63, 3.8) is 0 Å². The van der Waals surface area contributed by atoms with Crippen molar-refractivity contribution >= 4 is 17.9 Å². The Kier molecular flexibility index (Phi) is 78.5. The van der Waals surface area contributed by atoms with Gasteiger partial charge in [0.05, 0.1) is 40.3 Å². The van der Waals surface area contributed by atoms with Crippen molar-refractivity contribution in [2.45, 2.75) is 373 Å². The highest BCUT2D eigenvalue weighted by atomic mass is 16.7. The maximum absolute atomic E-state index is 13.0. The summed E-state index contributed by atoms with van der Waals surface area (Å²) in [4.78, 5) is 37.7. The number of hydrogen-bond donors (Lipinski definition) is 0. The molecule has 0 aliphatic carbocycles. The molecule has 0 spiro atoms. The topological polar surface area (TPSA) is 111 Å². The molecule has 9 heteroatoms. The van der Waals surface area contributed by atoms with Crippen LogP contribution in [0.1, 0.15) is 361 Å². The molecule has 0 aromatic heterocycles. The van der Waals surface area contributed by atoms with Gasteiger partial charge in [0.25, 0.3) is 0 Å². The van der Waals surface area contributed by atoms with Crippen LogP contribution in [0.4, 0.5) is 0 Å². The van der Waals surface area contributed by atoms with E-state index < -0.39 is 24.3 Å². The molecule has 0 fully saturated rings. The number of nitrogens with zero attached hydrogens (tertiary/aromatic N) is 1. The van der Waals surface area contributed by atoms with Crippen molar-refractivity contribution in [1.29, 1.82) is 0 Å². The first-order valence-electron chi connectivity index (χ1n) is 42.6. The smallest absolute Gasteiger partial charge is 0.306 e. The van der Waals surface area contributed by atoms with Gasteiger partial charge in [-0.15, -0.1) is 0 Å². The lowest BCUT2D eigenvalue weighted by Gasteiger charge is -2.26. The molecule has 0 rings (SSSR count). The number of unbranched alkanes of at least 4 members (excludes halogenated alkanes) is 37. The van der Waals surface area contributed by atoms with Crippen LogP contribution in [0.5, 0.6) is 0 Å². The van der Waals surface area contributed by atoms with E-state index >= 15 is 0 Å². The third-order valence-electron chi connectivity index (χ3n) is 18.3. The Bertz CT molecular complexity index is 2270. The van der Waals surface area contributed by atoms with Gasteiger partial charge in [0.2, 0.25) is 0 Å². The van der Waals surface area contributed by atoms with Crippen molar-refractivity contribution in [2.75, 3.05) is 47.5 Å². The zero-order valence-corrected chi connectivity index (χ0v) is 67.4. The number of ether oxygens (including phenoxy) is 4. The average Bonchev–Trinajstić information content (AvgIpc) is 1.16. The van der Waals surface area contributed by atoms with Crippen LogP contribution in [0.25, 0.3) is 0 Å². The van der Waals surface area contributed by atoms with Crippen LogP contribution >= 0.6 is 0 Å². The normalized spacial score (nSPS) is 13.4. The fraction of sp³-hybridized carbons (Fsp3) is 0.691. The molecule has 0 saturated carbocycles. The summed E-state index contributed by atoms with van der Waals surface area (Å²) in [6.07, 6.45) is 120. The van der Waals surface area contributed by atoms with Gasteiger partial charge < -0.3 is 33.3 Å². The Morgan fingerprint density at radius 1 is 0.291 bits per heavy atom. The maximum atomic E-state index is 13.0. The number of aliphatic carboxylic acids is 1. The molecule has 0 aliphatic heterocycles. The monoisotopic (exact) mass is 1430 g/mol. The number of carbonyl (C=O) groups is 3. The Morgan fingerprint density at radius 3 is 0.777 bits per heavy atom. The summed E-state index contributed by atoms with van der Waals surface area (Å²) in [6, 6.07) is 0. The Balaban J connectivity index is 4.01. The zero-order valence-electron chi connectivity index (χ0n) is 67.4. The van der Waals surface area contributed by atoms with E-state index in [2.05, 4.69) is 172 Å². The van der Waals surface area contributed by atoms with Crippen LogP contribution in [-0.4, -0.2) is 82.3 Å². The number of esters is 2. The minimum atomic E-state index is -1.63. The molecule has 103 heavy (non-hydrogen) atoms. The molecular weight excluding hydrogens is 1270 g/mol. The molecule has 0 amide bonds. The molecule has 2 atom stereocenters. The second kappa shape index (κ2) is 82.6. The third kappa shape index (κ3) is 84.1. The second-order valence-corrected chi connectivity index (χ2v) is 29.4. The van der Waals surface area contributed by atoms with Gasteiger partial charge in [0.15, 0.2) is 12.4 Å². The highest BCUT2D eigenvalue weighted by Gasteiger charge is 2.22. The molecule has 0 radical (unpaired) electrons. The average molecular weight is 1430 g/mol. The third-order valence-corrected chi connectivity index (χ3v) is 18.3. The highest BCUT2D eigenvalue weighted by molar-refractivity contribution is 5.70. The number of carbonyl (C=O) groups excluding carboxylic acids is 3. The van der Waals surface area contributed by atoms with E-state index in [1.807, 2.05) is 21.1 Å². The Labute approximate surface area is 635 Å². The van der Waals surface area contributed by atoms with Crippen molar-refractivity contribution in [1.82, 2.24) is 0 Å².